The van der Waals surface area contributed by atoms with Crippen LogP contribution in [0.15, 0.2) is 24.3 Å². The Kier molecular flexibility index (Phi) is 5.30. The molecule has 1 aliphatic heterocycles. The molecule has 0 amide bonds. The number of nitrogen functional groups attached to an aromatic ring is 1. The summed E-state index contributed by atoms with van der Waals surface area (Å²) in [7, 11) is 0. The fourth-order valence-corrected chi connectivity index (χ4v) is 3.09. The molecule has 1 fully saturated rings. The Morgan fingerprint density at radius 3 is 2.50 bits per heavy atom. The summed E-state index contributed by atoms with van der Waals surface area (Å²) in [6.45, 7) is 9.11. The highest BCUT2D eigenvalue weighted by Crippen LogP contribution is 2.36. The van der Waals surface area contributed by atoms with Crippen molar-refractivity contribution in [2.24, 2.45) is 5.41 Å². The molecule has 0 aliphatic carbocycles. The molecule has 3 heteroatoms. The quantitative estimate of drug-likeness (QED) is 0.611. The van der Waals surface area contributed by atoms with E-state index in [4.69, 9.17) is 10.5 Å². The zero-order valence-corrected chi connectivity index (χ0v) is 12.9. The highest BCUT2D eigenvalue weighted by atomic mass is 16.5. The number of nitrogens with zero attached hydrogens (tertiary/aromatic N) is 1. The molecule has 112 valence electrons. The standard InChI is InChI=1S/C17H28N2O/c1-3-17(4-2)10-12-19(14-17)11-5-13-20-16-8-6-15(18)7-9-16/h6-9H,3-5,10-14,18H2,1-2H3. The van der Waals surface area contributed by atoms with Gasteiger partial charge >= 0.3 is 0 Å². The van der Waals surface area contributed by atoms with Crippen LogP contribution in [0.25, 0.3) is 0 Å². The van der Waals surface area contributed by atoms with Crippen molar-refractivity contribution in [1.29, 1.82) is 0 Å². The predicted molar refractivity (Wildman–Crippen MR) is 85.0 cm³/mol. The number of ether oxygens (including phenoxy) is 1. The lowest BCUT2D eigenvalue weighted by Crippen LogP contribution is -2.27. The Balaban J connectivity index is 1.66. The van der Waals surface area contributed by atoms with Gasteiger partial charge in [0.25, 0.3) is 0 Å². The number of likely N-dealkylation sites (tertiary alicyclic amines) is 1. The molecular weight excluding hydrogens is 248 g/mol. The number of hydrogen-bond acceptors (Lipinski definition) is 3. The van der Waals surface area contributed by atoms with Gasteiger partial charge in [0.1, 0.15) is 5.75 Å². The summed E-state index contributed by atoms with van der Waals surface area (Å²) in [6.07, 6.45) is 5.07. The van der Waals surface area contributed by atoms with Crippen molar-refractivity contribution >= 4 is 5.69 Å². The van der Waals surface area contributed by atoms with Crippen molar-refractivity contribution in [2.45, 2.75) is 39.5 Å². The lowest BCUT2D eigenvalue weighted by atomic mass is 9.82. The van der Waals surface area contributed by atoms with E-state index in [0.29, 0.717) is 5.41 Å². The lowest BCUT2D eigenvalue weighted by Gasteiger charge is -2.26. The predicted octanol–water partition coefficient (Wildman–Crippen LogP) is 3.55. The smallest absolute Gasteiger partial charge is 0.119 e. The van der Waals surface area contributed by atoms with Crippen molar-refractivity contribution in [1.82, 2.24) is 4.90 Å². The minimum absolute atomic E-state index is 0.581. The second-order valence-electron chi connectivity index (χ2n) is 6.00. The van der Waals surface area contributed by atoms with Crippen LogP contribution in [0.2, 0.25) is 0 Å². The van der Waals surface area contributed by atoms with E-state index in [2.05, 4.69) is 18.7 Å². The van der Waals surface area contributed by atoms with E-state index >= 15 is 0 Å². The molecule has 0 unspecified atom stereocenters. The first kappa shape index (κ1) is 15.2. The Morgan fingerprint density at radius 2 is 1.90 bits per heavy atom. The SMILES string of the molecule is CCC1(CC)CCN(CCCOc2ccc(N)cc2)C1. The summed E-state index contributed by atoms with van der Waals surface area (Å²) >= 11 is 0. The van der Waals surface area contributed by atoms with Gasteiger partial charge < -0.3 is 15.4 Å². The average Bonchev–Trinajstić information content (AvgIpc) is 2.90. The van der Waals surface area contributed by atoms with Gasteiger partial charge in [0.05, 0.1) is 6.61 Å². The van der Waals surface area contributed by atoms with Crippen LogP contribution in [-0.2, 0) is 0 Å². The van der Waals surface area contributed by atoms with Crippen LogP contribution in [0.3, 0.4) is 0 Å². The summed E-state index contributed by atoms with van der Waals surface area (Å²) in [5, 5.41) is 0. The van der Waals surface area contributed by atoms with Crippen LogP contribution < -0.4 is 10.5 Å². The van der Waals surface area contributed by atoms with Gasteiger partial charge in [0.15, 0.2) is 0 Å². The van der Waals surface area contributed by atoms with E-state index < -0.39 is 0 Å². The molecule has 0 atom stereocenters. The van der Waals surface area contributed by atoms with E-state index in [0.717, 1.165) is 31.0 Å². The monoisotopic (exact) mass is 276 g/mol. The number of hydrogen-bond donors (Lipinski definition) is 1. The minimum atomic E-state index is 0.581. The third kappa shape index (κ3) is 3.89. The summed E-state index contributed by atoms with van der Waals surface area (Å²) in [5.41, 5.74) is 7.02. The Labute approximate surface area is 123 Å². The molecule has 0 aromatic heterocycles. The molecule has 1 aromatic rings. The number of nitrogens with two attached hydrogens (primary N) is 1. The summed E-state index contributed by atoms with van der Waals surface area (Å²) < 4.78 is 5.74. The van der Waals surface area contributed by atoms with Crippen LogP contribution in [0.1, 0.15) is 39.5 Å². The van der Waals surface area contributed by atoms with Gasteiger partial charge in [-0.2, -0.15) is 0 Å². The van der Waals surface area contributed by atoms with Gasteiger partial charge in [-0.1, -0.05) is 13.8 Å². The van der Waals surface area contributed by atoms with Crippen molar-refractivity contribution < 1.29 is 4.74 Å². The Bertz CT molecular complexity index is 398. The van der Waals surface area contributed by atoms with Crippen LogP contribution in [0, 0.1) is 5.41 Å². The van der Waals surface area contributed by atoms with Crippen LogP contribution >= 0.6 is 0 Å². The van der Waals surface area contributed by atoms with Gasteiger partial charge in [-0.15, -0.1) is 0 Å². The van der Waals surface area contributed by atoms with Crippen molar-refractivity contribution in [3.8, 4) is 5.75 Å². The van der Waals surface area contributed by atoms with Crippen LogP contribution in [0.5, 0.6) is 5.75 Å². The molecule has 3 nitrogen and oxygen atoms in total. The maximum Gasteiger partial charge on any atom is 0.119 e. The number of rotatable bonds is 7. The van der Waals surface area contributed by atoms with E-state index in [1.54, 1.807) is 0 Å². The van der Waals surface area contributed by atoms with Crippen molar-refractivity contribution in [2.75, 3.05) is 32.0 Å². The second-order valence-corrected chi connectivity index (χ2v) is 6.00. The maximum absolute atomic E-state index is 5.74. The third-order valence-electron chi connectivity index (χ3n) is 4.78. The maximum atomic E-state index is 5.74. The summed E-state index contributed by atoms with van der Waals surface area (Å²) in [4.78, 5) is 2.60. The largest absolute Gasteiger partial charge is 0.494 e. The molecule has 0 spiro atoms. The summed E-state index contributed by atoms with van der Waals surface area (Å²) in [6, 6.07) is 7.63. The minimum Gasteiger partial charge on any atom is -0.494 e. The van der Waals surface area contributed by atoms with E-state index in [9.17, 15) is 0 Å². The molecule has 0 saturated carbocycles. The normalized spacial score (nSPS) is 18.3. The Hall–Kier alpha value is -1.22. The van der Waals surface area contributed by atoms with Gasteiger partial charge in [-0.3, -0.25) is 0 Å². The van der Waals surface area contributed by atoms with Gasteiger partial charge in [0.2, 0.25) is 0 Å². The lowest BCUT2D eigenvalue weighted by molar-refractivity contribution is 0.222. The van der Waals surface area contributed by atoms with Crippen LogP contribution in [-0.4, -0.2) is 31.1 Å². The highest BCUT2D eigenvalue weighted by molar-refractivity contribution is 5.41. The third-order valence-corrected chi connectivity index (χ3v) is 4.78. The van der Waals surface area contributed by atoms with E-state index in [-0.39, 0.29) is 0 Å². The molecule has 1 aromatic carbocycles. The second kappa shape index (κ2) is 6.98. The van der Waals surface area contributed by atoms with Gasteiger partial charge in [0, 0.05) is 18.8 Å². The molecule has 1 saturated heterocycles. The topological polar surface area (TPSA) is 38.5 Å². The number of anilines is 1. The zero-order chi connectivity index (χ0) is 14.4. The molecule has 2 rings (SSSR count). The molecular formula is C17H28N2O. The molecule has 0 radical (unpaired) electrons. The zero-order valence-electron chi connectivity index (χ0n) is 12.9. The molecule has 1 aliphatic rings. The van der Waals surface area contributed by atoms with Crippen molar-refractivity contribution in [3.63, 3.8) is 0 Å². The van der Waals surface area contributed by atoms with E-state index in [1.807, 2.05) is 24.3 Å². The molecule has 1 heterocycles. The summed E-state index contributed by atoms with van der Waals surface area (Å²) in [5.74, 6) is 0.914. The Morgan fingerprint density at radius 1 is 1.20 bits per heavy atom. The van der Waals surface area contributed by atoms with Gasteiger partial charge in [-0.05, 0) is 61.9 Å². The van der Waals surface area contributed by atoms with Crippen LogP contribution in [0.4, 0.5) is 5.69 Å². The number of benzene rings is 1. The highest BCUT2D eigenvalue weighted by Gasteiger charge is 2.34. The van der Waals surface area contributed by atoms with Crippen molar-refractivity contribution in [3.05, 3.63) is 24.3 Å². The molecule has 0 bridgehead atoms. The fourth-order valence-electron chi connectivity index (χ4n) is 3.09. The average molecular weight is 276 g/mol. The molecule has 2 N–H and O–H groups in total. The first-order valence-corrected chi connectivity index (χ1v) is 7.88. The van der Waals surface area contributed by atoms with E-state index in [1.165, 1.54) is 32.4 Å². The first-order chi connectivity index (χ1) is 9.67. The molecule has 20 heavy (non-hydrogen) atoms. The fraction of sp³-hybridized carbons (Fsp3) is 0.647. The van der Waals surface area contributed by atoms with Gasteiger partial charge in [-0.25, -0.2) is 0 Å². The first-order valence-electron chi connectivity index (χ1n) is 7.88.